The van der Waals surface area contributed by atoms with Crippen molar-refractivity contribution in [1.82, 2.24) is 0 Å². The van der Waals surface area contributed by atoms with Crippen LogP contribution in [0.1, 0.15) is 51.4 Å². The molecule has 56 heavy (non-hydrogen) atoms. The van der Waals surface area contributed by atoms with Crippen LogP contribution in [-0.2, 0) is 57.5 Å². The van der Waals surface area contributed by atoms with Gasteiger partial charge >= 0.3 is 147 Å². The fraction of sp³-hybridized carbons (Fsp3) is 0.500. The maximum absolute atomic E-state index is 10.3. The molecule has 320 valence electrons. The zero-order valence-corrected chi connectivity index (χ0v) is 26.7. The first-order valence-corrected chi connectivity index (χ1v) is 12.7. The Morgan fingerprint density at radius 3 is 0.357 bits per heavy atom. The molecule has 32 heteroatoms. The van der Waals surface area contributed by atoms with Crippen molar-refractivity contribution in [2.24, 2.45) is 0 Å². The fourth-order valence-electron chi connectivity index (χ4n) is 2.86. The molecule has 0 aliphatic carbocycles. The quantitative estimate of drug-likeness (QED) is 0.0505. The molecule has 0 heterocycles. The third kappa shape index (κ3) is 33.3. The van der Waals surface area contributed by atoms with Crippen LogP contribution in [0.2, 0.25) is 0 Å². The Labute approximate surface area is 368 Å². The number of carboxylic acids is 12. The molecule has 0 saturated carbocycles. The van der Waals surface area contributed by atoms with E-state index in [1.54, 1.807) is 0 Å². The Bertz CT molecular complexity index is 1130. The standard InChI is InChI=1S/4C6H8O7.2Ca.2H2O.4H/c4*7-3(8)1-6(13,5(11)12)2-4(9)10;;;;;;;;/h4*13H,1-2H2,(H,7,8)(H,9,10)(H,11,12);;;2*1H2;;;;. The van der Waals surface area contributed by atoms with Crippen LogP contribution in [-0.4, -0.2) is 262 Å². The molecule has 0 unspecified atom stereocenters. The van der Waals surface area contributed by atoms with E-state index in [2.05, 4.69) is 0 Å². The maximum atomic E-state index is 10.3. The molecule has 0 fully saturated rings. The zero-order valence-electron chi connectivity index (χ0n) is 26.7. The van der Waals surface area contributed by atoms with E-state index < -0.39 is 145 Å². The SMILES string of the molecule is O.O.O=C(O)CC(O)(CC(=O)O)C(=O)O.O=C(O)CC(O)(CC(=O)O)C(=O)O.O=C(O)CC(O)(CC(=O)O)C(=O)O.O=C(O)CC(O)(CC(=O)O)C(=O)O.[CaH2].[CaH2]. The normalized spacial score (nSPS) is 10.1. The second-order valence-corrected chi connectivity index (χ2v) is 9.91. The van der Waals surface area contributed by atoms with Crippen molar-refractivity contribution in [1.29, 1.82) is 0 Å². The third-order valence-electron chi connectivity index (χ3n) is 5.14. The number of rotatable bonds is 20. The summed E-state index contributed by atoms with van der Waals surface area (Å²) in [5.74, 6) is -20.1. The molecule has 0 bridgehead atoms. The van der Waals surface area contributed by atoms with Gasteiger partial charge in [0.15, 0.2) is 22.4 Å². The second-order valence-electron chi connectivity index (χ2n) is 9.91. The van der Waals surface area contributed by atoms with Gasteiger partial charge in [-0.15, -0.1) is 0 Å². The summed E-state index contributed by atoms with van der Waals surface area (Å²) in [6, 6.07) is 0. The molecule has 0 aromatic carbocycles. The van der Waals surface area contributed by atoms with Crippen LogP contribution in [0.25, 0.3) is 0 Å². The summed E-state index contributed by atoms with van der Waals surface area (Å²) in [6.45, 7) is 0. The van der Waals surface area contributed by atoms with E-state index in [1.165, 1.54) is 0 Å². The van der Waals surface area contributed by atoms with E-state index in [0.717, 1.165) is 0 Å². The Morgan fingerprint density at radius 2 is 0.321 bits per heavy atom. The molecule has 0 aliphatic rings. The summed E-state index contributed by atoms with van der Waals surface area (Å²) < 4.78 is 0. The van der Waals surface area contributed by atoms with E-state index in [0.29, 0.717) is 0 Å². The van der Waals surface area contributed by atoms with Gasteiger partial charge in [0, 0.05) is 0 Å². The van der Waals surface area contributed by atoms with E-state index in [4.69, 9.17) is 81.7 Å². The molecule has 0 radical (unpaired) electrons. The molecular formula is C24H40Ca2O30. The number of hydrogen-bond acceptors (Lipinski definition) is 16. The number of hydrogen-bond donors (Lipinski definition) is 16. The van der Waals surface area contributed by atoms with Crippen LogP contribution in [0.15, 0.2) is 0 Å². The summed E-state index contributed by atoms with van der Waals surface area (Å²) in [4.78, 5) is 122. The van der Waals surface area contributed by atoms with Gasteiger partial charge in [0.1, 0.15) is 0 Å². The minimum absolute atomic E-state index is 0. The van der Waals surface area contributed by atoms with Crippen LogP contribution >= 0.6 is 0 Å². The average Bonchev–Trinajstić information content (AvgIpc) is 2.85. The number of aliphatic carboxylic acids is 12. The summed E-state index contributed by atoms with van der Waals surface area (Å²) in [7, 11) is 0. The van der Waals surface area contributed by atoms with E-state index in [-0.39, 0.29) is 86.4 Å². The Kier molecular flexibility index (Phi) is 38.7. The molecule has 0 spiro atoms. The van der Waals surface area contributed by atoms with Crippen LogP contribution in [0.3, 0.4) is 0 Å². The Morgan fingerprint density at radius 1 is 0.250 bits per heavy atom. The molecule has 0 aromatic rings. The molecule has 30 nitrogen and oxygen atoms in total. The number of carbonyl (C=O) groups is 12. The van der Waals surface area contributed by atoms with Crippen LogP contribution in [0.4, 0.5) is 0 Å². The van der Waals surface area contributed by atoms with Crippen LogP contribution in [0.5, 0.6) is 0 Å². The van der Waals surface area contributed by atoms with Crippen molar-refractivity contribution in [3.8, 4) is 0 Å². The molecule has 0 rings (SSSR count). The number of carboxylic acid groups (broad SMARTS) is 12. The fourth-order valence-corrected chi connectivity index (χ4v) is 2.86. The molecule has 0 atom stereocenters. The predicted molar refractivity (Wildman–Crippen MR) is 173 cm³/mol. The van der Waals surface area contributed by atoms with E-state index in [9.17, 15) is 57.5 Å². The van der Waals surface area contributed by atoms with Crippen LogP contribution < -0.4 is 0 Å². The van der Waals surface area contributed by atoms with E-state index in [1.807, 2.05) is 0 Å². The Hall–Kier alpha value is -4.08. The van der Waals surface area contributed by atoms with Gasteiger partial charge in [-0.3, -0.25) is 38.4 Å². The monoisotopic (exact) mass is 888 g/mol. The summed E-state index contributed by atoms with van der Waals surface area (Å²) >= 11 is 0. The third-order valence-corrected chi connectivity index (χ3v) is 5.14. The number of aliphatic hydroxyl groups is 4. The topological polar surface area (TPSA) is 592 Å². The van der Waals surface area contributed by atoms with Gasteiger partial charge in [0.2, 0.25) is 0 Å². The summed E-state index contributed by atoms with van der Waals surface area (Å²) in [5, 5.41) is 135. The van der Waals surface area contributed by atoms with Crippen molar-refractivity contribution in [2.75, 3.05) is 0 Å². The van der Waals surface area contributed by atoms with Crippen molar-refractivity contribution in [3.05, 3.63) is 0 Å². The van der Waals surface area contributed by atoms with Gasteiger partial charge in [-0.2, -0.15) is 0 Å². The first-order valence-electron chi connectivity index (χ1n) is 12.7. The first-order chi connectivity index (χ1) is 23.1. The van der Waals surface area contributed by atoms with Gasteiger partial charge in [-0.05, 0) is 0 Å². The zero-order chi connectivity index (χ0) is 42.6. The Balaban J connectivity index is -0.0000000893. The van der Waals surface area contributed by atoms with Crippen molar-refractivity contribution < 1.29 is 150 Å². The van der Waals surface area contributed by atoms with Gasteiger partial charge in [-0.25, -0.2) is 19.2 Å². The molecule has 0 saturated heterocycles. The van der Waals surface area contributed by atoms with Gasteiger partial charge in [0.05, 0.1) is 51.4 Å². The second kappa shape index (κ2) is 31.1. The van der Waals surface area contributed by atoms with E-state index >= 15 is 0 Å². The van der Waals surface area contributed by atoms with Crippen molar-refractivity contribution in [3.63, 3.8) is 0 Å². The summed E-state index contributed by atoms with van der Waals surface area (Å²) in [5.41, 5.74) is -11.0. The molecule has 0 aliphatic heterocycles. The predicted octanol–water partition coefficient (Wildman–Crippen LogP) is -8.48. The molecular weight excluding hydrogens is 848 g/mol. The molecule has 0 amide bonds. The average molecular weight is 889 g/mol. The van der Waals surface area contributed by atoms with Crippen molar-refractivity contribution in [2.45, 2.75) is 73.8 Å². The van der Waals surface area contributed by atoms with Gasteiger partial charge in [0.25, 0.3) is 0 Å². The minimum atomic E-state index is -2.74. The first kappa shape index (κ1) is 69.8. The molecule has 20 N–H and O–H groups in total. The van der Waals surface area contributed by atoms with Crippen molar-refractivity contribution >= 4 is 147 Å². The van der Waals surface area contributed by atoms with Crippen LogP contribution in [0, 0.1) is 0 Å². The van der Waals surface area contributed by atoms with Gasteiger partial charge in [-0.1, -0.05) is 0 Å². The summed E-state index contributed by atoms with van der Waals surface area (Å²) in [6.07, 6.45) is -9.15. The van der Waals surface area contributed by atoms with Gasteiger partial charge < -0.3 is 92.7 Å². The molecule has 0 aromatic heterocycles.